The molecule has 0 saturated carbocycles. The fourth-order valence-corrected chi connectivity index (χ4v) is 7.30. The normalized spacial score (nSPS) is 17.3. The zero-order valence-corrected chi connectivity index (χ0v) is 27.3. The lowest BCUT2D eigenvalue weighted by atomic mass is 10.0. The van der Waals surface area contributed by atoms with E-state index in [1.807, 2.05) is 49.6 Å². The molecular weight excluding hydrogens is 597 g/mol. The molecule has 5 heterocycles. The highest BCUT2D eigenvalue weighted by Crippen LogP contribution is 2.35. The second kappa shape index (κ2) is 12.8. The van der Waals surface area contributed by atoms with Gasteiger partial charge >= 0.3 is 0 Å². The lowest BCUT2D eigenvalue weighted by Crippen LogP contribution is -2.53. The molecule has 0 bridgehead atoms. The molecule has 4 aromatic rings. The average molecular weight is 637 g/mol. The van der Waals surface area contributed by atoms with Gasteiger partial charge in [0.1, 0.15) is 11.5 Å². The molecular formula is C31H40N8O3S2. The van der Waals surface area contributed by atoms with Crippen molar-refractivity contribution in [3.8, 4) is 17.0 Å². The Morgan fingerprint density at radius 3 is 2.52 bits per heavy atom. The number of fused-ring (bicyclic) bond motifs is 1. The van der Waals surface area contributed by atoms with E-state index in [9.17, 15) is 8.42 Å². The number of piperidine rings is 1. The number of nitrogens with one attached hydrogen (secondary N) is 2. The summed E-state index contributed by atoms with van der Waals surface area (Å²) >= 11 is 1.54. The quantitative estimate of drug-likeness (QED) is 0.264. The first-order valence-corrected chi connectivity index (χ1v) is 17.8. The first-order chi connectivity index (χ1) is 21.1. The summed E-state index contributed by atoms with van der Waals surface area (Å²) in [6.45, 7) is 10.3. The molecule has 1 aromatic carbocycles. The van der Waals surface area contributed by atoms with Gasteiger partial charge in [-0.05, 0) is 76.7 Å². The summed E-state index contributed by atoms with van der Waals surface area (Å²) in [6, 6.07) is 12.0. The minimum Gasteiger partial charge on any atom is -0.473 e. The van der Waals surface area contributed by atoms with E-state index in [0.717, 1.165) is 59.6 Å². The van der Waals surface area contributed by atoms with Gasteiger partial charge in [-0.2, -0.15) is 4.98 Å². The molecule has 6 rings (SSSR count). The van der Waals surface area contributed by atoms with Crippen LogP contribution in [0, 0.1) is 0 Å². The zero-order chi connectivity index (χ0) is 30.8. The number of sulfonamides is 1. The number of piperazine rings is 1. The summed E-state index contributed by atoms with van der Waals surface area (Å²) < 4.78 is 33.2. The number of pyridine rings is 1. The molecule has 2 fully saturated rings. The molecule has 0 amide bonds. The van der Waals surface area contributed by atoms with Crippen LogP contribution in [-0.4, -0.2) is 97.9 Å². The van der Waals surface area contributed by atoms with Gasteiger partial charge in [-0.25, -0.2) is 18.4 Å². The van der Waals surface area contributed by atoms with E-state index in [-0.39, 0.29) is 6.10 Å². The van der Waals surface area contributed by atoms with Crippen LogP contribution in [0.3, 0.4) is 0 Å². The highest BCUT2D eigenvalue weighted by atomic mass is 32.2. The first-order valence-electron chi connectivity index (χ1n) is 15.1. The van der Waals surface area contributed by atoms with Gasteiger partial charge in [0.2, 0.25) is 21.9 Å². The van der Waals surface area contributed by atoms with E-state index >= 15 is 0 Å². The topological polar surface area (TPSA) is 116 Å². The lowest BCUT2D eigenvalue weighted by molar-refractivity contribution is 0.115. The van der Waals surface area contributed by atoms with Crippen molar-refractivity contribution in [1.82, 2.24) is 24.8 Å². The largest absolute Gasteiger partial charge is 0.473 e. The Labute approximate surface area is 263 Å². The maximum Gasteiger partial charge on any atom is 0.240 e. The minimum absolute atomic E-state index is 0.0562. The number of hydrogen-bond acceptors (Lipinski definition) is 11. The molecule has 2 N–H and O–H groups in total. The van der Waals surface area contributed by atoms with Crippen LogP contribution < -0.4 is 19.7 Å². The second-order valence-corrected chi connectivity index (χ2v) is 14.5. The van der Waals surface area contributed by atoms with Gasteiger partial charge < -0.3 is 19.9 Å². The van der Waals surface area contributed by atoms with E-state index < -0.39 is 10.0 Å². The molecule has 13 heteroatoms. The number of nitrogens with zero attached hydrogens (tertiary/aromatic N) is 6. The van der Waals surface area contributed by atoms with Crippen molar-refractivity contribution in [3.63, 3.8) is 0 Å². The number of ether oxygens (including phenoxy) is 1. The van der Waals surface area contributed by atoms with Crippen LogP contribution in [0.4, 0.5) is 23.1 Å². The molecule has 234 valence electrons. The number of rotatable bonds is 9. The van der Waals surface area contributed by atoms with Crippen molar-refractivity contribution in [1.29, 1.82) is 0 Å². The van der Waals surface area contributed by atoms with E-state index in [1.165, 1.54) is 25.9 Å². The van der Waals surface area contributed by atoms with E-state index in [4.69, 9.17) is 14.7 Å². The Kier molecular flexibility index (Phi) is 8.90. The molecule has 44 heavy (non-hydrogen) atoms. The average Bonchev–Trinajstić information content (AvgIpc) is 3.41. The third-order valence-corrected chi connectivity index (χ3v) is 9.59. The number of benzene rings is 1. The number of aromatic nitrogens is 3. The van der Waals surface area contributed by atoms with Gasteiger partial charge in [-0.1, -0.05) is 12.1 Å². The van der Waals surface area contributed by atoms with Crippen LogP contribution in [-0.2, 0) is 10.0 Å². The predicted molar refractivity (Wildman–Crippen MR) is 179 cm³/mol. The third kappa shape index (κ3) is 7.23. The molecule has 0 spiro atoms. The SMILES string of the molecule is CC(C)Oc1nc(N2CCN(C3CCN(C)CC3)CC2)ccc1Nc1ncc2scc(-c3cccc(NS(C)(=O)=O)c3)c2n1. The molecule has 11 nitrogen and oxygen atoms in total. The van der Waals surface area contributed by atoms with Crippen LogP contribution in [0.1, 0.15) is 26.7 Å². The number of anilines is 4. The summed E-state index contributed by atoms with van der Waals surface area (Å²) in [6.07, 6.45) is 5.37. The second-order valence-electron chi connectivity index (χ2n) is 11.9. The van der Waals surface area contributed by atoms with Crippen molar-refractivity contribution >= 4 is 54.7 Å². The highest BCUT2D eigenvalue weighted by Gasteiger charge is 2.27. The Morgan fingerprint density at radius 2 is 1.80 bits per heavy atom. The van der Waals surface area contributed by atoms with E-state index in [0.29, 0.717) is 29.2 Å². The standard InChI is InChI=1S/C31H40N8O3S2/c1-21(2)42-30-26(8-9-28(34-30)39-16-14-38(15-17-39)24-10-12-37(3)13-11-24)33-31-32-19-27-29(35-31)25(20-43-27)22-6-5-7-23(18-22)36-44(4,40)41/h5-9,18-21,24,36H,10-17H2,1-4H3,(H,32,33,35). The summed E-state index contributed by atoms with van der Waals surface area (Å²) in [5.41, 5.74) is 3.74. The fraction of sp³-hybridized carbons (Fsp3) is 0.452. The molecule has 0 aliphatic carbocycles. The highest BCUT2D eigenvalue weighted by molar-refractivity contribution is 7.92. The van der Waals surface area contributed by atoms with Gasteiger partial charge in [0, 0.05) is 48.9 Å². The maximum absolute atomic E-state index is 11.8. The molecule has 0 unspecified atom stereocenters. The summed E-state index contributed by atoms with van der Waals surface area (Å²) in [5.74, 6) is 1.86. The fourth-order valence-electron chi connectivity index (χ4n) is 5.87. The first kappa shape index (κ1) is 30.5. The number of hydrogen-bond donors (Lipinski definition) is 2. The van der Waals surface area contributed by atoms with Gasteiger partial charge in [0.25, 0.3) is 0 Å². The Morgan fingerprint density at radius 1 is 1.02 bits per heavy atom. The molecule has 0 atom stereocenters. The Bertz CT molecular complexity index is 1710. The van der Waals surface area contributed by atoms with E-state index in [1.54, 1.807) is 23.6 Å². The molecule has 2 aliphatic rings. The van der Waals surface area contributed by atoms with Crippen LogP contribution in [0.25, 0.3) is 21.3 Å². The van der Waals surface area contributed by atoms with Crippen LogP contribution in [0.5, 0.6) is 5.88 Å². The Hall–Kier alpha value is -3.52. The summed E-state index contributed by atoms with van der Waals surface area (Å²) in [4.78, 5) is 21.8. The summed E-state index contributed by atoms with van der Waals surface area (Å²) in [7, 11) is -1.18. The monoisotopic (exact) mass is 636 g/mol. The van der Waals surface area contributed by atoms with Gasteiger partial charge in [-0.15, -0.1) is 11.3 Å². The molecule has 3 aromatic heterocycles. The van der Waals surface area contributed by atoms with Crippen LogP contribution in [0.15, 0.2) is 48.0 Å². The Balaban J connectivity index is 1.20. The number of likely N-dealkylation sites (tertiary alicyclic amines) is 1. The molecule has 0 radical (unpaired) electrons. The maximum atomic E-state index is 11.8. The van der Waals surface area contributed by atoms with Gasteiger partial charge in [0.15, 0.2) is 0 Å². The van der Waals surface area contributed by atoms with Gasteiger partial charge in [-0.3, -0.25) is 9.62 Å². The lowest BCUT2D eigenvalue weighted by Gasteiger charge is -2.42. The van der Waals surface area contributed by atoms with Crippen molar-refractivity contribution in [3.05, 3.63) is 48.0 Å². The molecule has 2 aliphatic heterocycles. The van der Waals surface area contributed by atoms with Crippen LogP contribution in [0.2, 0.25) is 0 Å². The van der Waals surface area contributed by atoms with Crippen molar-refractivity contribution in [2.24, 2.45) is 0 Å². The van der Waals surface area contributed by atoms with Gasteiger partial charge in [0.05, 0.1) is 28.8 Å². The van der Waals surface area contributed by atoms with Crippen molar-refractivity contribution in [2.75, 3.05) is 67.5 Å². The zero-order valence-electron chi connectivity index (χ0n) is 25.7. The van der Waals surface area contributed by atoms with E-state index in [2.05, 4.69) is 36.8 Å². The minimum atomic E-state index is -3.39. The summed E-state index contributed by atoms with van der Waals surface area (Å²) in [5, 5.41) is 5.35. The predicted octanol–water partition coefficient (Wildman–Crippen LogP) is 4.87. The third-order valence-electron chi connectivity index (χ3n) is 8.07. The van der Waals surface area contributed by atoms with Crippen molar-refractivity contribution in [2.45, 2.75) is 38.8 Å². The van der Waals surface area contributed by atoms with Crippen LogP contribution >= 0.6 is 11.3 Å². The van der Waals surface area contributed by atoms with Crippen molar-refractivity contribution < 1.29 is 13.2 Å². The number of thiophene rings is 1. The molecule has 2 saturated heterocycles. The smallest absolute Gasteiger partial charge is 0.240 e.